The minimum Gasteiger partial charge on any atom is -0.479 e. The Morgan fingerprint density at radius 1 is 1.34 bits per heavy atom. The Morgan fingerprint density at radius 2 is 2.13 bits per heavy atom. The molecule has 4 heterocycles. The number of aliphatic carboxylic acids is 2. The summed E-state index contributed by atoms with van der Waals surface area (Å²) in [5.74, 6) is -3.60. The van der Waals surface area contributed by atoms with Gasteiger partial charge in [-0.05, 0) is 16.0 Å². The number of nitrogens with zero attached hydrogens (tertiary/aromatic N) is 7. The number of fused-ring (bicyclic) bond motifs is 1. The van der Waals surface area contributed by atoms with Crippen LogP contribution in [0.2, 0.25) is 0 Å². The average molecular weight is 585 g/mol. The normalized spacial score (nSPS) is 19.1. The third-order valence-electron chi connectivity index (χ3n) is 5.08. The van der Waals surface area contributed by atoms with E-state index < -0.39 is 41.8 Å². The molecule has 202 valence electrons. The van der Waals surface area contributed by atoms with E-state index in [1.165, 1.54) is 33.6 Å². The molecule has 1 unspecified atom stereocenters. The van der Waals surface area contributed by atoms with Crippen molar-refractivity contribution in [2.45, 2.75) is 23.1 Å². The minimum atomic E-state index is -1.31. The van der Waals surface area contributed by atoms with Crippen LogP contribution in [0, 0.1) is 0 Å². The van der Waals surface area contributed by atoms with Gasteiger partial charge in [-0.3, -0.25) is 14.5 Å². The van der Waals surface area contributed by atoms with E-state index in [1.54, 1.807) is 0 Å². The van der Waals surface area contributed by atoms with Gasteiger partial charge in [0.25, 0.3) is 11.8 Å². The molecule has 0 bridgehead atoms. The minimum absolute atomic E-state index is 0.0257. The first-order chi connectivity index (χ1) is 18.2. The number of carboxylic acid groups (broad SMARTS) is 2. The Morgan fingerprint density at radius 3 is 2.79 bits per heavy atom. The number of amides is 2. The summed E-state index contributed by atoms with van der Waals surface area (Å²) in [6.07, 6.45) is 0. The van der Waals surface area contributed by atoms with Gasteiger partial charge in [0.15, 0.2) is 10.8 Å². The van der Waals surface area contributed by atoms with Crippen LogP contribution in [-0.2, 0) is 30.6 Å². The van der Waals surface area contributed by atoms with Crippen LogP contribution in [-0.4, -0.2) is 106 Å². The summed E-state index contributed by atoms with van der Waals surface area (Å²) in [4.78, 5) is 58.6. The van der Waals surface area contributed by atoms with E-state index in [-0.39, 0.29) is 33.7 Å². The summed E-state index contributed by atoms with van der Waals surface area (Å²) in [5, 5.41) is 37.4. The van der Waals surface area contributed by atoms with Crippen LogP contribution in [0.15, 0.2) is 27.0 Å². The van der Waals surface area contributed by atoms with Gasteiger partial charge < -0.3 is 31.8 Å². The van der Waals surface area contributed by atoms with Gasteiger partial charge in [-0.15, -0.1) is 28.2 Å². The molecule has 1 fully saturated rings. The molecule has 2 aromatic rings. The zero-order valence-electron chi connectivity index (χ0n) is 19.2. The molecular weight excluding hydrogens is 564 g/mol. The molecule has 7 N–H and O–H groups in total. The zero-order chi connectivity index (χ0) is 27.4. The summed E-state index contributed by atoms with van der Waals surface area (Å²) >= 11 is 3.51. The fraction of sp³-hybridized carbons (Fsp3) is 0.389. The third kappa shape index (κ3) is 5.71. The maximum Gasteiger partial charge on any atom is 0.352 e. The van der Waals surface area contributed by atoms with Crippen molar-refractivity contribution in [3.05, 3.63) is 22.3 Å². The predicted molar refractivity (Wildman–Crippen MR) is 134 cm³/mol. The van der Waals surface area contributed by atoms with Crippen molar-refractivity contribution in [3.8, 4) is 0 Å². The van der Waals surface area contributed by atoms with Crippen molar-refractivity contribution in [1.82, 2.24) is 35.4 Å². The van der Waals surface area contributed by atoms with E-state index in [0.717, 1.165) is 16.2 Å². The Labute approximate surface area is 225 Å². The molecule has 0 spiro atoms. The number of hydrogen-bond acceptors (Lipinski definition) is 15. The number of carbonyl (C=O) groups is 4. The van der Waals surface area contributed by atoms with Crippen LogP contribution < -0.4 is 16.8 Å². The molecule has 0 aliphatic carbocycles. The van der Waals surface area contributed by atoms with Crippen LogP contribution in [0.5, 0.6) is 0 Å². The first-order valence-corrected chi connectivity index (χ1v) is 13.6. The standard InChI is InChI=1S/C18H20N10O7S3/c19-1-2-27-18(23-25-26-27)38-5-7-4-36-15-11(14(32)28(15)12(7)16(33)34)22-13(31)10(24-35-3-9(29)30)8-6-37-17(20)21-8/h6,11,15H,1-5,19H2,(H2,20,21)(H,22,31)(H,29,30)(H,33,34)/t11?,15-/m1/s1. The molecular formula is C18H20N10O7S3. The van der Waals surface area contributed by atoms with E-state index in [9.17, 15) is 24.3 Å². The van der Waals surface area contributed by atoms with Gasteiger partial charge in [-0.25, -0.2) is 19.3 Å². The number of carbonyl (C=O) groups excluding carboxylic acids is 2. The molecule has 38 heavy (non-hydrogen) atoms. The summed E-state index contributed by atoms with van der Waals surface area (Å²) in [7, 11) is 0. The number of carboxylic acids is 2. The number of anilines is 1. The molecule has 2 aliphatic rings. The van der Waals surface area contributed by atoms with Crippen molar-refractivity contribution >= 4 is 69.5 Å². The maximum absolute atomic E-state index is 13.0. The van der Waals surface area contributed by atoms with Crippen molar-refractivity contribution < 1.29 is 34.2 Å². The van der Waals surface area contributed by atoms with Gasteiger partial charge in [0, 0.05) is 23.4 Å². The number of oxime groups is 1. The summed E-state index contributed by atoms with van der Waals surface area (Å²) in [6.45, 7) is -0.0944. The smallest absolute Gasteiger partial charge is 0.352 e. The highest BCUT2D eigenvalue weighted by atomic mass is 32.2. The second-order valence-corrected chi connectivity index (χ2v) is 10.5. The van der Waals surface area contributed by atoms with Crippen LogP contribution in [0.25, 0.3) is 0 Å². The van der Waals surface area contributed by atoms with Gasteiger partial charge in [0.2, 0.25) is 11.8 Å². The summed E-state index contributed by atoms with van der Waals surface area (Å²) in [6, 6.07) is -1.06. The molecule has 0 aromatic carbocycles. The van der Waals surface area contributed by atoms with Gasteiger partial charge in [-0.2, -0.15) is 0 Å². The van der Waals surface area contributed by atoms with E-state index >= 15 is 0 Å². The van der Waals surface area contributed by atoms with Crippen LogP contribution in [0.1, 0.15) is 5.69 Å². The Kier molecular flexibility index (Phi) is 8.44. The third-order valence-corrected chi connectivity index (χ3v) is 8.13. The molecule has 2 amide bonds. The highest BCUT2D eigenvalue weighted by Gasteiger charge is 2.54. The molecule has 2 aromatic heterocycles. The number of β-lactam (4-membered cyclic amide) rings is 1. The first kappa shape index (κ1) is 27.3. The molecule has 0 radical (unpaired) electrons. The van der Waals surface area contributed by atoms with Crippen molar-refractivity contribution in [3.63, 3.8) is 0 Å². The number of nitrogens with one attached hydrogen (secondary N) is 1. The lowest BCUT2D eigenvalue weighted by atomic mass is 10.0. The topological polar surface area (TPSA) is 254 Å². The number of tetrazole rings is 1. The van der Waals surface area contributed by atoms with Crippen LogP contribution in [0.4, 0.5) is 5.13 Å². The fourth-order valence-electron chi connectivity index (χ4n) is 3.47. The maximum atomic E-state index is 13.0. The molecule has 17 nitrogen and oxygen atoms in total. The lowest BCUT2D eigenvalue weighted by Gasteiger charge is -2.49. The second-order valence-electron chi connectivity index (χ2n) is 7.56. The predicted octanol–water partition coefficient (Wildman–Crippen LogP) is -1.99. The quantitative estimate of drug-likeness (QED) is 0.0783. The molecule has 1 saturated heterocycles. The van der Waals surface area contributed by atoms with Crippen molar-refractivity contribution in [2.75, 3.05) is 30.4 Å². The number of thioether (sulfide) groups is 2. The van der Waals surface area contributed by atoms with Gasteiger partial charge in [0.1, 0.15) is 22.8 Å². The van der Waals surface area contributed by atoms with Crippen molar-refractivity contribution in [2.24, 2.45) is 10.9 Å². The Balaban J connectivity index is 1.48. The van der Waals surface area contributed by atoms with Gasteiger partial charge in [-0.1, -0.05) is 16.9 Å². The fourth-order valence-corrected chi connectivity index (χ4v) is 6.41. The number of thiazole rings is 1. The van der Waals surface area contributed by atoms with E-state index in [1.807, 2.05) is 0 Å². The number of nitrogen functional groups attached to an aromatic ring is 1. The Bertz CT molecular complexity index is 1330. The lowest BCUT2D eigenvalue weighted by molar-refractivity contribution is -0.150. The van der Waals surface area contributed by atoms with Crippen molar-refractivity contribution in [1.29, 1.82) is 0 Å². The largest absolute Gasteiger partial charge is 0.479 e. The molecule has 2 atom stereocenters. The van der Waals surface area contributed by atoms with Gasteiger partial charge >= 0.3 is 11.9 Å². The van der Waals surface area contributed by atoms with E-state index in [4.69, 9.17) is 21.4 Å². The zero-order valence-corrected chi connectivity index (χ0v) is 21.7. The highest BCUT2D eigenvalue weighted by molar-refractivity contribution is 8.01. The molecule has 20 heteroatoms. The number of aromatic nitrogens is 5. The van der Waals surface area contributed by atoms with Crippen LogP contribution in [0.3, 0.4) is 0 Å². The molecule has 4 rings (SSSR count). The molecule has 0 saturated carbocycles. The summed E-state index contributed by atoms with van der Waals surface area (Å²) < 4.78 is 1.50. The average Bonchev–Trinajstić information content (AvgIpc) is 3.51. The SMILES string of the molecule is NCCn1nnnc1SCC1=C(C(=O)O)N2C(=O)C(NC(=O)C(=NOCC(=O)O)c3csc(N)n3)[C@H]2SC1. The lowest BCUT2D eigenvalue weighted by Crippen LogP contribution is -2.71. The highest BCUT2D eigenvalue weighted by Crippen LogP contribution is 2.41. The number of rotatable bonds is 12. The number of hydrogen-bond donors (Lipinski definition) is 5. The number of nitrogens with two attached hydrogens (primary N) is 2. The second kappa shape index (κ2) is 11.8. The monoisotopic (exact) mass is 584 g/mol. The first-order valence-electron chi connectivity index (χ1n) is 10.6. The molecule has 2 aliphatic heterocycles. The summed E-state index contributed by atoms with van der Waals surface area (Å²) in [5.41, 5.74) is 11.1. The van der Waals surface area contributed by atoms with Gasteiger partial charge in [0.05, 0.1) is 6.54 Å². The van der Waals surface area contributed by atoms with E-state index in [2.05, 4.69) is 31.0 Å². The van der Waals surface area contributed by atoms with E-state index in [0.29, 0.717) is 23.8 Å². The Hall–Kier alpha value is -3.75. The van der Waals surface area contributed by atoms with Crippen LogP contribution >= 0.6 is 34.9 Å².